The van der Waals surface area contributed by atoms with E-state index in [1.54, 1.807) is 0 Å². The van der Waals surface area contributed by atoms with Crippen LogP contribution in [0.4, 0.5) is 0 Å². The zero-order chi connectivity index (χ0) is 13.6. The van der Waals surface area contributed by atoms with Gasteiger partial charge in [-0.2, -0.15) is 0 Å². The van der Waals surface area contributed by atoms with E-state index in [4.69, 9.17) is 5.73 Å². The van der Waals surface area contributed by atoms with Gasteiger partial charge < -0.3 is 5.73 Å². The predicted octanol–water partition coefficient (Wildman–Crippen LogP) is 4.84. The van der Waals surface area contributed by atoms with Crippen molar-refractivity contribution in [2.45, 2.75) is 71.8 Å². The van der Waals surface area contributed by atoms with Crippen LogP contribution in [0, 0.1) is 13.8 Å². The Morgan fingerprint density at radius 2 is 1.67 bits per heavy atom. The summed E-state index contributed by atoms with van der Waals surface area (Å²) in [5.41, 5.74) is 10.3. The lowest BCUT2D eigenvalue weighted by Crippen LogP contribution is -2.33. The van der Waals surface area contributed by atoms with Gasteiger partial charge in [0.1, 0.15) is 0 Å². The van der Waals surface area contributed by atoms with Crippen LogP contribution >= 0.6 is 0 Å². The van der Waals surface area contributed by atoms with E-state index < -0.39 is 0 Å². The van der Waals surface area contributed by atoms with Crippen molar-refractivity contribution in [1.82, 2.24) is 0 Å². The molecule has 0 saturated heterocycles. The van der Waals surface area contributed by atoms with Crippen molar-refractivity contribution >= 4 is 0 Å². The van der Waals surface area contributed by atoms with Gasteiger partial charge in [0.05, 0.1) is 0 Å². The third-order valence-corrected chi connectivity index (χ3v) is 3.97. The van der Waals surface area contributed by atoms with Crippen molar-refractivity contribution in [3.63, 3.8) is 0 Å². The van der Waals surface area contributed by atoms with Gasteiger partial charge in [0, 0.05) is 5.54 Å². The predicted molar refractivity (Wildman–Crippen MR) is 80.8 cm³/mol. The zero-order valence-electron chi connectivity index (χ0n) is 12.6. The molecule has 1 aromatic carbocycles. The highest BCUT2D eigenvalue weighted by atomic mass is 14.7. The molecule has 0 bridgehead atoms. The number of nitrogens with two attached hydrogens (primary N) is 1. The summed E-state index contributed by atoms with van der Waals surface area (Å²) >= 11 is 0. The molecule has 1 heteroatoms. The Morgan fingerprint density at radius 1 is 1.00 bits per heavy atom. The van der Waals surface area contributed by atoms with E-state index in [0.29, 0.717) is 0 Å². The summed E-state index contributed by atoms with van der Waals surface area (Å²) in [5.74, 6) is 0. The summed E-state index contributed by atoms with van der Waals surface area (Å²) in [6.07, 6.45) is 7.63. The van der Waals surface area contributed by atoms with Crippen molar-refractivity contribution in [2.75, 3.05) is 0 Å². The molecule has 0 amide bonds. The summed E-state index contributed by atoms with van der Waals surface area (Å²) in [6.45, 7) is 8.73. The van der Waals surface area contributed by atoms with Gasteiger partial charge in [0.15, 0.2) is 0 Å². The van der Waals surface area contributed by atoms with E-state index in [1.165, 1.54) is 48.8 Å². The Balaban J connectivity index is 2.54. The average molecular weight is 247 g/mol. The van der Waals surface area contributed by atoms with Gasteiger partial charge in [-0.15, -0.1) is 0 Å². The number of benzene rings is 1. The maximum Gasteiger partial charge on any atom is 0.0381 e. The Labute approximate surface area is 113 Å². The second kappa shape index (κ2) is 6.94. The number of aryl methyl sites for hydroxylation is 2. The molecule has 1 aromatic rings. The van der Waals surface area contributed by atoms with Gasteiger partial charge in [-0.05, 0) is 43.9 Å². The summed E-state index contributed by atoms with van der Waals surface area (Å²) in [5, 5.41) is 0. The van der Waals surface area contributed by atoms with Crippen LogP contribution < -0.4 is 5.73 Å². The molecule has 1 unspecified atom stereocenters. The summed E-state index contributed by atoms with van der Waals surface area (Å²) in [7, 11) is 0. The fourth-order valence-electron chi connectivity index (χ4n) is 2.34. The Morgan fingerprint density at radius 3 is 2.28 bits per heavy atom. The van der Waals surface area contributed by atoms with Crippen LogP contribution in [-0.4, -0.2) is 0 Å². The Bertz CT molecular complexity index is 366. The lowest BCUT2D eigenvalue weighted by Gasteiger charge is -2.26. The minimum Gasteiger partial charge on any atom is -0.322 e. The van der Waals surface area contributed by atoms with E-state index in [2.05, 4.69) is 45.9 Å². The van der Waals surface area contributed by atoms with E-state index in [0.717, 1.165) is 6.42 Å². The van der Waals surface area contributed by atoms with E-state index >= 15 is 0 Å². The summed E-state index contributed by atoms with van der Waals surface area (Å²) < 4.78 is 0. The quantitative estimate of drug-likeness (QED) is 0.686. The first kappa shape index (κ1) is 15.2. The normalized spacial score (nSPS) is 14.5. The van der Waals surface area contributed by atoms with Crippen LogP contribution in [0.2, 0.25) is 0 Å². The fourth-order valence-corrected chi connectivity index (χ4v) is 2.34. The number of hydrogen-bond donors (Lipinski definition) is 1. The van der Waals surface area contributed by atoms with Gasteiger partial charge in [-0.25, -0.2) is 0 Å². The van der Waals surface area contributed by atoms with Crippen LogP contribution in [0.3, 0.4) is 0 Å². The number of unbranched alkanes of at least 4 members (excludes halogenated alkanes) is 4. The second-order valence-electron chi connectivity index (χ2n) is 5.88. The molecular weight excluding hydrogens is 218 g/mol. The van der Waals surface area contributed by atoms with Gasteiger partial charge in [0.25, 0.3) is 0 Å². The molecule has 0 spiro atoms. The molecule has 0 radical (unpaired) electrons. The third kappa shape index (κ3) is 4.45. The SMILES string of the molecule is CCCCCCCC(C)(N)c1ccc(C)c(C)c1. The van der Waals surface area contributed by atoms with Crippen LogP contribution in [0.5, 0.6) is 0 Å². The van der Waals surface area contributed by atoms with Crippen LogP contribution in [0.25, 0.3) is 0 Å². The number of rotatable bonds is 7. The van der Waals surface area contributed by atoms with Crippen LogP contribution in [-0.2, 0) is 5.54 Å². The van der Waals surface area contributed by atoms with Gasteiger partial charge in [-0.3, -0.25) is 0 Å². The molecule has 0 saturated carbocycles. The minimum absolute atomic E-state index is 0.176. The molecule has 0 aliphatic heterocycles. The van der Waals surface area contributed by atoms with Gasteiger partial charge in [0.2, 0.25) is 0 Å². The van der Waals surface area contributed by atoms with E-state index in [1.807, 2.05) is 0 Å². The lowest BCUT2D eigenvalue weighted by atomic mass is 9.86. The summed E-state index contributed by atoms with van der Waals surface area (Å²) in [6, 6.07) is 6.63. The zero-order valence-corrected chi connectivity index (χ0v) is 12.6. The standard InChI is InChI=1S/C17H29N/c1-5-6-7-8-9-12-17(4,18)16-11-10-14(2)15(3)13-16/h10-11,13H,5-9,12,18H2,1-4H3. The molecule has 1 atom stereocenters. The lowest BCUT2D eigenvalue weighted by molar-refractivity contribution is 0.422. The minimum atomic E-state index is -0.176. The smallest absolute Gasteiger partial charge is 0.0381 e. The van der Waals surface area contributed by atoms with Crippen molar-refractivity contribution < 1.29 is 0 Å². The molecule has 0 fully saturated rings. The molecule has 1 nitrogen and oxygen atoms in total. The summed E-state index contributed by atoms with van der Waals surface area (Å²) in [4.78, 5) is 0. The molecule has 0 aliphatic rings. The Kier molecular flexibility index (Phi) is 5.87. The molecule has 2 N–H and O–H groups in total. The van der Waals surface area contributed by atoms with Crippen molar-refractivity contribution in [1.29, 1.82) is 0 Å². The third-order valence-electron chi connectivity index (χ3n) is 3.97. The van der Waals surface area contributed by atoms with Crippen molar-refractivity contribution in [3.05, 3.63) is 34.9 Å². The molecule has 0 aliphatic carbocycles. The maximum atomic E-state index is 6.47. The highest BCUT2D eigenvalue weighted by Gasteiger charge is 2.20. The first-order valence-electron chi connectivity index (χ1n) is 7.34. The fraction of sp³-hybridized carbons (Fsp3) is 0.647. The number of hydrogen-bond acceptors (Lipinski definition) is 1. The second-order valence-corrected chi connectivity index (χ2v) is 5.88. The maximum absolute atomic E-state index is 6.47. The molecule has 102 valence electrons. The Hall–Kier alpha value is -0.820. The first-order chi connectivity index (χ1) is 8.47. The van der Waals surface area contributed by atoms with Crippen LogP contribution in [0.1, 0.15) is 69.1 Å². The van der Waals surface area contributed by atoms with Crippen molar-refractivity contribution in [2.24, 2.45) is 5.73 Å². The highest BCUT2D eigenvalue weighted by molar-refractivity contribution is 5.33. The monoisotopic (exact) mass is 247 g/mol. The average Bonchev–Trinajstić information content (AvgIpc) is 2.32. The van der Waals surface area contributed by atoms with Crippen molar-refractivity contribution in [3.8, 4) is 0 Å². The van der Waals surface area contributed by atoms with Gasteiger partial charge in [-0.1, -0.05) is 57.2 Å². The van der Waals surface area contributed by atoms with E-state index in [-0.39, 0.29) is 5.54 Å². The topological polar surface area (TPSA) is 26.0 Å². The highest BCUT2D eigenvalue weighted by Crippen LogP contribution is 2.26. The molecule has 18 heavy (non-hydrogen) atoms. The molecule has 0 heterocycles. The molecule has 1 rings (SSSR count). The van der Waals surface area contributed by atoms with Gasteiger partial charge >= 0.3 is 0 Å². The molecular formula is C17H29N. The largest absolute Gasteiger partial charge is 0.322 e. The van der Waals surface area contributed by atoms with E-state index in [9.17, 15) is 0 Å². The van der Waals surface area contributed by atoms with Crippen LogP contribution in [0.15, 0.2) is 18.2 Å². The first-order valence-corrected chi connectivity index (χ1v) is 7.34. The molecule has 0 aromatic heterocycles.